The van der Waals surface area contributed by atoms with Gasteiger partial charge in [-0.15, -0.1) is 0 Å². The fourth-order valence-electron chi connectivity index (χ4n) is 2.23. The van der Waals surface area contributed by atoms with Crippen molar-refractivity contribution in [1.82, 2.24) is 14.5 Å². The van der Waals surface area contributed by atoms with Gasteiger partial charge in [0.15, 0.2) is 5.65 Å². The summed E-state index contributed by atoms with van der Waals surface area (Å²) >= 11 is 0. The van der Waals surface area contributed by atoms with Gasteiger partial charge in [0, 0.05) is 25.8 Å². The maximum atomic E-state index is 6.04. The van der Waals surface area contributed by atoms with Gasteiger partial charge in [0.05, 0.1) is 12.8 Å². The van der Waals surface area contributed by atoms with Crippen molar-refractivity contribution in [2.24, 2.45) is 0 Å². The molecule has 0 spiro atoms. The first-order valence-electron chi connectivity index (χ1n) is 6.57. The predicted octanol–water partition coefficient (Wildman–Crippen LogP) is 2.08. The standard InChI is InChI=1S/C15H17N5O/c1-19(2)10-4-6-11(7-5-10)20-14-12(17-15(20)16)8-9-13(18-14)21-3/h4-9H,1-3H3,(H2,16,17). The molecule has 0 saturated carbocycles. The van der Waals surface area contributed by atoms with Gasteiger partial charge in [0.2, 0.25) is 11.8 Å². The Morgan fingerprint density at radius 3 is 2.38 bits per heavy atom. The number of rotatable bonds is 3. The van der Waals surface area contributed by atoms with E-state index in [0.717, 1.165) is 16.9 Å². The summed E-state index contributed by atoms with van der Waals surface area (Å²) < 4.78 is 6.99. The first-order chi connectivity index (χ1) is 10.1. The van der Waals surface area contributed by atoms with Crippen molar-refractivity contribution >= 4 is 22.8 Å². The van der Waals surface area contributed by atoms with Gasteiger partial charge in [-0.05, 0) is 30.3 Å². The van der Waals surface area contributed by atoms with Crippen molar-refractivity contribution in [3.05, 3.63) is 36.4 Å². The summed E-state index contributed by atoms with van der Waals surface area (Å²) in [4.78, 5) is 10.8. The van der Waals surface area contributed by atoms with E-state index in [2.05, 4.69) is 9.97 Å². The van der Waals surface area contributed by atoms with Crippen molar-refractivity contribution in [2.45, 2.75) is 0 Å². The molecule has 6 heteroatoms. The van der Waals surface area contributed by atoms with E-state index in [4.69, 9.17) is 10.5 Å². The monoisotopic (exact) mass is 283 g/mol. The lowest BCUT2D eigenvalue weighted by molar-refractivity contribution is 0.399. The molecule has 0 bridgehead atoms. The number of hydrogen-bond donors (Lipinski definition) is 1. The number of anilines is 2. The van der Waals surface area contributed by atoms with Crippen LogP contribution in [0.1, 0.15) is 0 Å². The van der Waals surface area contributed by atoms with Crippen LogP contribution >= 0.6 is 0 Å². The van der Waals surface area contributed by atoms with Gasteiger partial charge in [-0.2, -0.15) is 4.98 Å². The first-order valence-corrected chi connectivity index (χ1v) is 6.57. The Kier molecular flexibility index (Phi) is 3.13. The molecule has 108 valence electrons. The van der Waals surface area contributed by atoms with Gasteiger partial charge in [0.1, 0.15) is 5.52 Å². The smallest absolute Gasteiger partial charge is 0.215 e. The number of hydrogen-bond acceptors (Lipinski definition) is 5. The summed E-state index contributed by atoms with van der Waals surface area (Å²) in [6.07, 6.45) is 0. The quantitative estimate of drug-likeness (QED) is 0.797. The van der Waals surface area contributed by atoms with E-state index >= 15 is 0 Å². The molecule has 0 fully saturated rings. The van der Waals surface area contributed by atoms with Crippen molar-refractivity contribution in [1.29, 1.82) is 0 Å². The molecule has 6 nitrogen and oxygen atoms in total. The Morgan fingerprint density at radius 1 is 1.05 bits per heavy atom. The summed E-state index contributed by atoms with van der Waals surface area (Å²) in [6, 6.07) is 11.7. The minimum Gasteiger partial charge on any atom is -0.481 e. The van der Waals surface area contributed by atoms with E-state index in [1.54, 1.807) is 13.2 Å². The normalized spacial score (nSPS) is 10.8. The average molecular weight is 283 g/mol. The second-order valence-corrected chi connectivity index (χ2v) is 4.91. The highest BCUT2D eigenvalue weighted by Crippen LogP contribution is 2.24. The van der Waals surface area contributed by atoms with E-state index in [1.807, 2.05) is 53.9 Å². The Morgan fingerprint density at radius 2 is 1.76 bits per heavy atom. The van der Waals surface area contributed by atoms with Crippen LogP contribution in [0.2, 0.25) is 0 Å². The van der Waals surface area contributed by atoms with Gasteiger partial charge in [-0.25, -0.2) is 4.98 Å². The molecule has 0 amide bonds. The number of methoxy groups -OCH3 is 1. The van der Waals surface area contributed by atoms with Gasteiger partial charge in [-0.1, -0.05) is 0 Å². The third-order valence-corrected chi connectivity index (χ3v) is 3.34. The van der Waals surface area contributed by atoms with Crippen molar-refractivity contribution in [3.63, 3.8) is 0 Å². The zero-order valence-electron chi connectivity index (χ0n) is 12.2. The third-order valence-electron chi connectivity index (χ3n) is 3.34. The zero-order valence-corrected chi connectivity index (χ0v) is 12.2. The molecule has 0 radical (unpaired) electrons. The number of pyridine rings is 1. The van der Waals surface area contributed by atoms with E-state index < -0.39 is 0 Å². The maximum absolute atomic E-state index is 6.04. The molecule has 1 aromatic carbocycles. The number of nitrogen functional groups attached to an aromatic ring is 1. The number of aromatic nitrogens is 3. The molecule has 2 aromatic heterocycles. The Bertz CT molecular complexity index is 777. The number of benzene rings is 1. The van der Waals surface area contributed by atoms with Crippen LogP contribution in [0.5, 0.6) is 5.88 Å². The largest absolute Gasteiger partial charge is 0.481 e. The Balaban J connectivity index is 2.16. The second kappa shape index (κ2) is 4.97. The van der Waals surface area contributed by atoms with Crippen molar-refractivity contribution < 1.29 is 4.74 Å². The second-order valence-electron chi connectivity index (χ2n) is 4.91. The van der Waals surface area contributed by atoms with Crippen LogP contribution < -0.4 is 15.4 Å². The Labute approximate surface area is 122 Å². The summed E-state index contributed by atoms with van der Waals surface area (Å²) in [5.41, 5.74) is 9.50. The van der Waals surface area contributed by atoms with E-state index in [0.29, 0.717) is 17.5 Å². The van der Waals surface area contributed by atoms with Crippen LogP contribution in [0.3, 0.4) is 0 Å². The molecule has 2 heterocycles. The van der Waals surface area contributed by atoms with Crippen LogP contribution in [-0.2, 0) is 0 Å². The highest BCUT2D eigenvalue weighted by molar-refractivity contribution is 5.77. The van der Waals surface area contributed by atoms with E-state index in [-0.39, 0.29) is 0 Å². The molecule has 21 heavy (non-hydrogen) atoms. The first kappa shape index (κ1) is 13.2. The van der Waals surface area contributed by atoms with Crippen LogP contribution in [0.15, 0.2) is 36.4 Å². The van der Waals surface area contributed by atoms with Crippen LogP contribution in [-0.4, -0.2) is 35.7 Å². The molecule has 3 aromatic rings. The van der Waals surface area contributed by atoms with Gasteiger partial charge in [0.25, 0.3) is 0 Å². The van der Waals surface area contributed by atoms with E-state index in [1.165, 1.54) is 0 Å². The fraction of sp³-hybridized carbons (Fsp3) is 0.200. The van der Waals surface area contributed by atoms with Crippen LogP contribution in [0, 0.1) is 0 Å². The summed E-state index contributed by atoms with van der Waals surface area (Å²) in [5, 5.41) is 0. The number of ether oxygens (including phenoxy) is 1. The molecule has 0 aliphatic carbocycles. The van der Waals surface area contributed by atoms with E-state index in [9.17, 15) is 0 Å². The van der Waals surface area contributed by atoms with Crippen molar-refractivity contribution in [2.75, 3.05) is 31.8 Å². The minimum atomic E-state index is 0.406. The average Bonchev–Trinajstić information content (AvgIpc) is 2.82. The van der Waals surface area contributed by atoms with Gasteiger partial charge < -0.3 is 15.4 Å². The van der Waals surface area contributed by atoms with Crippen LogP contribution in [0.4, 0.5) is 11.6 Å². The highest BCUT2D eigenvalue weighted by Gasteiger charge is 2.12. The molecule has 0 aliphatic rings. The molecule has 0 saturated heterocycles. The third kappa shape index (κ3) is 2.24. The molecule has 0 aliphatic heterocycles. The predicted molar refractivity (Wildman–Crippen MR) is 84.2 cm³/mol. The molecular formula is C15H17N5O. The highest BCUT2D eigenvalue weighted by atomic mass is 16.5. The molecule has 0 unspecified atom stereocenters. The van der Waals surface area contributed by atoms with Crippen LogP contribution in [0.25, 0.3) is 16.9 Å². The minimum absolute atomic E-state index is 0.406. The summed E-state index contributed by atoms with van der Waals surface area (Å²) in [6.45, 7) is 0. The number of fused-ring (bicyclic) bond motifs is 1. The number of nitrogens with zero attached hydrogens (tertiary/aromatic N) is 4. The van der Waals surface area contributed by atoms with Gasteiger partial charge in [-0.3, -0.25) is 4.57 Å². The van der Waals surface area contributed by atoms with Crippen molar-refractivity contribution in [3.8, 4) is 11.6 Å². The summed E-state index contributed by atoms with van der Waals surface area (Å²) in [5.74, 6) is 0.942. The molecule has 3 rings (SSSR count). The fourth-order valence-corrected chi connectivity index (χ4v) is 2.23. The topological polar surface area (TPSA) is 69.2 Å². The number of imidazole rings is 1. The van der Waals surface area contributed by atoms with Gasteiger partial charge >= 0.3 is 0 Å². The lowest BCUT2D eigenvalue weighted by Gasteiger charge is -2.13. The number of nitrogens with two attached hydrogens (primary N) is 1. The SMILES string of the molecule is COc1ccc2nc(N)n(-c3ccc(N(C)C)cc3)c2n1. The lowest BCUT2D eigenvalue weighted by Crippen LogP contribution is -2.08. The maximum Gasteiger partial charge on any atom is 0.215 e. The lowest BCUT2D eigenvalue weighted by atomic mass is 10.2. The molecular weight excluding hydrogens is 266 g/mol. The zero-order chi connectivity index (χ0) is 15.0. The molecule has 2 N–H and O–H groups in total. The summed E-state index contributed by atoms with van der Waals surface area (Å²) in [7, 11) is 5.59. The molecule has 0 atom stereocenters. The Hall–Kier alpha value is -2.76.